The number of fused-ring (bicyclic) bond motifs is 1. The van der Waals surface area contributed by atoms with Crippen LogP contribution in [0.15, 0.2) is 33.9 Å². The zero-order chi connectivity index (χ0) is 22.1. The van der Waals surface area contributed by atoms with Gasteiger partial charge in [0.25, 0.3) is 5.56 Å². The molecule has 0 saturated carbocycles. The summed E-state index contributed by atoms with van der Waals surface area (Å²) in [6.45, 7) is 2.33. The number of hydrogen-bond donors (Lipinski definition) is 1. The summed E-state index contributed by atoms with van der Waals surface area (Å²) >= 11 is 5.88. The number of halogens is 1. The van der Waals surface area contributed by atoms with Gasteiger partial charge >= 0.3 is 5.69 Å². The second kappa shape index (κ2) is 8.74. The molecule has 0 amide bonds. The fourth-order valence-corrected chi connectivity index (χ4v) is 3.73. The number of aromatic nitrogens is 4. The van der Waals surface area contributed by atoms with Crippen LogP contribution in [-0.4, -0.2) is 62.8 Å². The minimum absolute atomic E-state index is 0.00986. The Kier molecular flexibility index (Phi) is 6.03. The summed E-state index contributed by atoms with van der Waals surface area (Å²) in [6, 6.07) is 6.83. The van der Waals surface area contributed by atoms with Gasteiger partial charge in [-0.25, -0.2) is 4.79 Å². The van der Waals surface area contributed by atoms with Crippen LogP contribution in [0, 0.1) is 0 Å². The van der Waals surface area contributed by atoms with Crippen LogP contribution in [0.4, 0.5) is 5.95 Å². The molecule has 1 aliphatic heterocycles. The third-order valence-corrected chi connectivity index (χ3v) is 5.52. The summed E-state index contributed by atoms with van der Waals surface area (Å²) < 4.78 is 15.1. The summed E-state index contributed by atoms with van der Waals surface area (Å²) in [7, 11) is 3.00. The first kappa shape index (κ1) is 21.4. The minimum Gasteiger partial charge on any atom is -0.491 e. The SMILES string of the molecule is Cn1c(=O)c2c(nc(N3CCOCC3)n2C[C@@H](O)COc2ccc(Cl)cc2)n(C)c1=O. The maximum absolute atomic E-state index is 12.9. The number of aliphatic hydroxyl groups excluding tert-OH is 1. The number of hydrogen-bond acceptors (Lipinski definition) is 7. The number of aryl methyl sites for hydroxylation is 1. The molecule has 1 aromatic carbocycles. The van der Waals surface area contributed by atoms with Crippen molar-refractivity contribution in [2.75, 3.05) is 37.8 Å². The van der Waals surface area contributed by atoms with Crippen LogP contribution in [0.1, 0.15) is 0 Å². The van der Waals surface area contributed by atoms with Crippen molar-refractivity contribution in [3.63, 3.8) is 0 Å². The molecule has 166 valence electrons. The molecule has 0 aliphatic carbocycles. The fraction of sp³-hybridized carbons (Fsp3) is 0.450. The molecule has 1 fully saturated rings. The Morgan fingerprint density at radius 2 is 1.84 bits per heavy atom. The minimum atomic E-state index is -0.921. The van der Waals surface area contributed by atoms with Crippen LogP contribution in [-0.2, 0) is 25.4 Å². The summed E-state index contributed by atoms with van der Waals surface area (Å²) in [5.74, 6) is 1.09. The lowest BCUT2D eigenvalue weighted by molar-refractivity contribution is 0.0927. The number of imidazole rings is 1. The van der Waals surface area contributed by atoms with E-state index in [1.165, 1.54) is 11.6 Å². The van der Waals surface area contributed by atoms with E-state index in [0.717, 1.165) is 4.57 Å². The topological polar surface area (TPSA) is 104 Å². The molecular formula is C20H24ClN5O5. The standard InChI is InChI=1S/C20H24ClN5O5/c1-23-17-16(18(28)24(2)20(23)29)26(19(22-17)25-7-9-30-10-8-25)11-14(27)12-31-15-5-3-13(21)4-6-15/h3-6,14,27H,7-12H2,1-2H3/t14-/m1/s1. The number of morpholine rings is 1. The Bertz CT molecular complexity index is 1190. The van der Waals surface area contributed by atoms with E-state index in [-0.39, 0.29) is 24.3 Å². The predicted molar refractivity (Wildman–Crippen MR) is 116 cm³/mol. The maximum atomic E-state index is 12.9. The highest BCUT2D eigenvalue weighted by atomic mass is 35.5. The van der Waals surface area contributed by atoms with E-state index >= 15 is 0 Å². The van der Waals surface area contributed by atoms with Crippen molar-refractivity contribution in [3.8, 4) is 5.75 Å². The number of nitrogens with zero attached hydrogens (tertiary/aromatic N) is 5. The lowest BCUT2D eigenvalue weighted by Crippen LogP contribution is -2.39. The summed E-state index contributed by atoms with van der Waals surface area (Å²) in [5, 5.41) is 11.3. The zero-order valence-corrected chi connectivity index (χ0v) is 18.1. The quantitative estimate of drug-likeness (QED) is 0.579. The smallest absolute Gasteiger partial charge is 0.332 e. The van der Waals surface area contributed by atoms with E-state index in [9.17, 15) is 14.7 Å². The summed E-state index contributed by atoms with van der Waals surface area (Å²) in [5.41, 5.74) is -0.379. The Labute approximate surface area is 182 Å². The molecule has 1 aliphatic rings. The van der Waals surface area contributed by atoms with Crippen molar-refractivity contribution in [2.45, 2.75) is 12.6 Å². The second-order valence-corrected chi connectivity index (χ2v) is 7.85. The maximum Gasteiger partial charge on any atom is 0.332 e. The van der Waals surface area contributed by atoms with Gasteiger partial charge in [-0.15, -0.1) is 0 Å². The third kappa shape index (κ3) is 4.18. The van der Waals surface area contributed by atoms with Crippen molar-refractivity contribution >= 4 is 28.7 Å². The van der Waals surface area contributed by atoms with Gasteiger partial charge in [-0.1, -0.05) is 11.6 Å². The third-order valence-electron chi connectivity index (χ3n) is 5.27. The molecule has 0 spiro atoms. The van der Waals surface area contributed by atoms with Crippen LogP contribution in [0.25, 0.3) is 11.2 Å². The van der Waals surface area contributed by atoms with Gasteiger partial charge in [0, 0.05) is 32.2 Å². The Balaban J connectivity index is 1.69. The van der Waals surface area contributed by atoms with Gasteiger partial charge in [0.15, 0.2) is 11.2 Å². The molecule has 3 aromatic rings. The van der Waals surface area contributed by atoms with E-state index in [4.69, 9.17) is 21.1 Å². The Morgan fingerprint density at radius 1 is 1.16 bits per heavy atom. The van der Waals surface area contributed by atoms with Crippen molar-refractivity contribution in [3.05, 3.63) is 50.1 Å². The van der Waals surface area contributed by atoms with Crippen LogP contribution in [0.3, 0.4) is 0 Å². The van der Waals surface area contributed by atoms with E-state index in [2.05, 4.69) is 4.98 Å². The Morgan fingerprint density at radius 3 is 2.52 bits per heavy atom. The van der Waals surface area contributed by atoms with Gasteiger partial charge in [0.1, 0.15) is 18.5 Å². The van der Waals surface area contributed by atoms with Gasteiger partial charge in [-0.05, 0) is 24.3 Å². The molecule has 31 heavy (non-hydrogen) atoms. The number of aliphatic hydroxyl groups is 1. The molecule has 0 radical (unpaired) electrons. The predicted octanol–water partition coefficient (Wildman–Crippen LogP) is 0.364. The molecule has 2 aromatic heterocycles. The van der Waals surface area contributed by atoms with Gasteiger partial charge < -0.3 is 24.0 Å². The number of benzene rings is 1. The monoisotopic (exact) mass is 449 g/mol. The van der Waals surface area contributed by atoms with Gasteiger partial charge in [0.2, 0.25) is 5.95 Å². The second-order valence-electron chi connectivity index (χ2n) is 7.42. The van der Waals surface area contributed by atoms with Gasteiger partial charge in [0.05, 0.1) is 19.8 Å². The highest BCUT2D eigenvalue weighted by molar-refractivity contribution is 6.30. The molecule has 10 nitrogen and oxygen atoms in total. The highest BCUT2D eigenvalue weighted by Crippen LogP contribution is 2.22. The van der Waals surface area contributed by atoms with Crippen molar-refractivity contribution in [1.82, 2.24) is 18.7 Å². The largest absolute Gasteiger partial charge is 0.491 e. The van der Waals surface area contributed by atoms with E-state index < -0.39 is 17.4 Å². The zero-order valence-electron chi connectivity index (χ0n) is 17.3. The number of ether oxygens (including phenoxy) is 2. The van der Waals surface area contributed by atoms with E-state index in [0.29, 0.717) is 43.0 Å². The molecular weight excluding hydrogens is 426 g/mol. The van der Waals surface area contributed by atoms with E-state index in [1.54, 1.807) is 35.9 Å². The first-order chi connectivity index (χ1) is 14.9. The van der Waals surface area contributed by atoms with Crippen LogP contribution in [0.5, 0.6) is 5.75 Å². The first-order valence-corrected chi connectivity index (χ1v) is 10.3. The van der Waals surface area contributed by atoms with Crippen molar-refractivity contribution < 1.29 is 14.6 Å². The lowest BCUT2D eigenvalue weighted by Gasteiger charge is -2.28. The average molecular weight is 450 g/mol. The molecule has 0 bridgehead atoms. The Hall–Kier alpha value is -2.82. The van der Waals surface area contributed by atoms with Gasteiger partial charge in [-0.2, -0.15) is 4.98 Å². The number of rotatable bonds is 6. The molecule has 1 N–H and O–H groups in total. The molecule has 3 heterocycles. The normalized spacial score (nSPS) is 15.4. The molecule has 11 heteroatoms. The number of anilines is 1. The summed E-state index contributed by atoms with van der Waals surface area (Å²) in [4.78, 5) is 31.9. The van der Waals surface area contributed by atoms with Crippen LogP contribution in [0.2, 0.25) is 5.02 Å². The first-order valence-electron chi connectivity index (χ1n) is 9.92. The van der Waals surface area contributed by atoms with Crippen LogP contribution >= 0.6 is 11.6 Å². The fourth-order valence-electron chi connectivity index (χ4n) is 3.60. The summed E-state index contributed by atoms with van der Waals surface area (Å²) in [6.07, 6.45) is -0.921. The molecule has 1 atom stereocenters. The van der Waals surface area contributed by atoms with Crippen molar-refractivity contribution in [1.29, 1.82) is 0 Å². The highest BCUT2D eigenvalue weighted by Gasteiger charge is 2.25. The molecule has 0 unspecified atom stereocenters. The molecule has 1 saturated heterocycles. The van der Waals surface area contributed by atoms with Gasteiger partial charge in [-0.3, -0.25) is 13.9 Å². The molecule has 4 rings (SSSR count). The van der Waals surface area contributed by atoms with E-state index in [1.807, 2.05) is 4.90 Å². The van der Waals surface area contributed by atoms with Crippen LogP contribution < -0.4 is 20.9 Å². The van der Waals surface area contributed by atoms with Crippen molar-refractivity contribution in [2.24, 2.45) is 14.1 Å². The average Bonchev–Trinajstić information content (AvgIpc) is 3.15. The lowest BCUT2D eigenvalue weighted by atomic mass is 10.3.